The van der Waals surface area contributed by atoms with Crippen LogP contribution in [-0.4, -0.2) is 104 Å². The van der Waals surface area contributed by atoms with Gasteiger partial charge in [-0.3, -0.25) is 29.4 Å². The zero-order valence-electron chi connectivity index (χ0n) is 35.8. The Bertz CT molecular complexity index is 2500. The number of anilines is 3. The van der Waals surface area contributed by atoms with Crippen molar-refractivity contribution in [3.63, 3.8) is 0 Å². The number of benzene rings is 3. The molecule has 5 aromatic rings. The fourth-order valence-corrected chi connectivity index (χ4v) is 9.33. The number of fused-ring (bicyclic) bond motifs is 1. The standard InChI is InChI=1S/C47H52N12O4S/c1-47(48)15-17-57(18-16-47)41-27-51-43(28-50-41)64-36-4-2-3-35(24-36)49-25-31-5-7-32(8-6-31)29-56-19-21-58(22-20-56)40-13-11-38(54-55-40)44(61)52-26-33-9-10-37-34(23-33)30-59(46(37)63)39-12-14-42(60)53-45(39)62/h2-11,13,23-24,27-28,39,49H,12,14-22,25-26,29-30,48H2,1H3,(H,52,61)(H,53,60,62). The van der Waals surface area contributed by atoms with Crippen LogP contribution in [0.3, 0.4) is 0 Å². The number of carbonyl (C=O) groups is 4. The van der Waals surface area contributed by atoms with Gasteiger partial charge in [0.2, 0.25) is 11.8 Å². The number of aromatic nitrogens is 4. The average molecular weight is 881 g/mol. The van der Waals surface area contributed by atoms with Crippen molar-refractivity contribution in [2.24, 2.45) is 5.73 Å². The van der Waals surface area contributed by atoms with Crippen LogP contribution in [0, 0.1) is 0 Å². The molecule has 3 saturated heterocycles. The van der Waals surface area contributed by atoms with Crippen molar-refractivity contribution in [3.05, 3.63) is 125 Å². The SMILES string of the molecule is CC1(N)CCN(c2cnc(Sc3cccc(NCc4ccc(CN5CCN(c6ccc(C(=O)NCc7ccc8c(c7)CN(C7CCC(=O)NC7=O)C8=O)nn6)CC5)cc4)c3)cn2)CC1. The molecule has 64 heavy (non-hydrogen) atoms. The van der Waals surface area contributed by atoms with Crippen LogP contribution in [0.25, 0.3) is 0 Å². The molecule has 0 bridgehead atoms. The highest BCUT2D eigenvalue weighted by molar-refractivity contribution is 7.99. The first-order valence-electron chi connectivity index (χ1n) is 21.8. The van der Waals surface area contributed by atoms with Crippen LogP contribution in [0.2, 0.25) is 0 Å². The lowest BCUT2D eigenvalue weighted by atomic mass is 9.91. The minimum atomic E-state index is -0.673. The molecule has 6 heterocycles. The van der Waals surface area contributed by atoms with Gasteiger partial charge in [0, 0.05) is 93.6 Å². The first-order chi connectivity index (χ1) is 31.0. The molecule has 0 radical (unpaired) electrons. The molecule has 3 aromatic carbocycles. The number of rotatable bonds is 13. The molecule has 2 aromatic heterocycles. The number of nitrogens with zero attached hydrogens (tertiary/aromatic N) is 8. The summed E-state index contributed by atoms with van der Waals surface area (Å²) < 4.78 is 0. The molecule has 330 valence electrons. The summed E-state index contributed by atoms with van der Waals surface area (Å²) in [5, 5.41) is 18.3. The van der Waals surface area contributed by atoms with Crippen LogP contribution in [-0.2, 0) is 35.8 Å². The van der Waals surface area contributed by atoms with Gasteiger partial charge in [-0.25, -0.2) is 9.97 Å². The molecule has 17 heteroatoms. The molecule has 0 saturated carbocycles. The van der Waals surface area contributed by atoms with Crippen molar-refractivity contribution in [2.75, 3.05) is 54.4 Å². The number of nitrogens with one attached hydrogen (secondary N) is 3. The van der Waals surface area contributed by atoms with Gasteiger partial charge in [0.15, 0.2) is 11.5 Å². The van der Waals surface area contributed by atoms with Crippen LogP contribution >= 0.6 is 11.8 Å². The average Bonchev–Trinajstić information content (AvgIpc) is 3.63. The van der Waals surface area contributed by atoms with Gasteiger partial charge in [-0.1, -0.05) is 54.2 Å². The van der Waals surface area contributed by atoms with Crippen LogP contribution in [0.4, 0.5) is 17.3 Å². The molecule has 4 aliphatic heterocycles. The highest BCUT2D eigenvalue weighted by Crippen LogP contribution is 2.31. The highest BCUT2D eigenvalue weighted by Gasteiger charge is 2.39. The summed E-state index contributed by atoms with van der Waals surface area (Å²) in [5.74, 6) is 0.291. The van der Waals surface area contributed by atoms with Gasteiger partial charge in [-0.2, -0.15) is 0 Å². The van der Waals surface area contributed by atoms with Crippen molar-refractivity contribution in [1.29, 1.82) is 0 Å². The first-order valence-corrected chi connectivity index (χ1v) is 22.6. The molecular formula is C47H52N12O4S. The summed E-state index contributed by atoms with van der Waals surface area (Å²) in [4.78, 5) is 68.8. The summed E-state index contributed by atoms with van der Waals surface area (Å²) >= 11 is 1.60. The molecule has 1 unspecified atom stereocenters. The molecular weight excluding hydrogens is 829 g/mol. The smallest absolute Gasteiger partial charge is 0.272 e. The van der Waals surface area contributed by atoms with Gasteiger partial charge in [0.25, 0.3) is 11.8 Å². The van der Waals surface area contributed by atoms with E-state index in [1.54, 1.807) is 30.0 Å². The summed E-state index contributed by atoms with van der Waals surface area (Å²) in [7, 11) is 0. The zero-order chi connectivity index (χ0) is 44.2. The summed E-state index contributed by atoms with van der Waals surface area (Å²) in [6, 6.07) is 25.4. The third-order valence-corrected chi connectivity index (χ3v) is 13.4. The van der Waals surface area contributed by atoms with E-state index in [-0.39, 0.29) is 48.5 Å². The Hall–Kier alpha value is -6.43. The second-order valence-electron chi connectivity index (χ2n) is 17.3. The molecule has 1 atom stereocenters. The topological polar surface area (TPSA) is 195 Å². The van der Waals surface area contributed by atoms with Crippen LogP contribution < -0.4 is 31.5 Å². The predicted molar refractivity (Wildman–Crippen MR) is 244 cm³/mol. The Morgan fingerprint density at radius 2 is 1.59 bits per heavy atom. The minimum absolute atomic E-state index is 0.0979. The van der Waals surface area contributed by atoms with Crippen molar-refractivity contribution >= 4 is 52.7 Å². The first kappa shape index (κ1) is 42.9. The van der Waals surface area contributed by atoms with Gasteiger partial charge in [-0.15, -0.1) is 10.2 Å². The second kappa shape index (κ2) is 18.7. The molecule has 16 nitrogen and oxygen atoms in total. The van der Waals surface area contributed by atoms with E-state index >= 15 is 0 Å². The third kappa shape index (κ3) is 10.2. The van der Waals surface area contributed by atoms with Crippen molar-refractivity contribution < 1.29 is 19.2 Å². The molecule has 3 fully saturated rings. The maximum atomic E-state index is 13.0. The fraction of sp³-hybridized carbons (Fsp3) is 0.362. The monoisotopic (exact) mass is 880 g/mol. The van der Waals surface area contributed by atoms with Gasteiger partial charge in [0.1, 0.15) is 16.9 Å². The van der Waals surface area contributed by atoms with Crippen molar-refractivity contribution in [2.45, 2.75) is 80.3 Å². The van der Waals surface area contributed by atoms with E-state index in [2.05, 4.69) is 101 Å². The predicted octanol–water partition coefficient (Wildman–Crippen LogP) is 4.36. The maximum absolute atomic E-state index is 13.0. The Morgan fingerprint density at radius 1 is 0.828 bits per heavy atom. The van der Waals surface area contributed by atoms with Crippen molar-refractivity contribution in [1.82, 2.24) is 40.6 Å². The summed E-state index contributed by atoms with van der Waals surface area (Å²) in [5.41, 5.74) is 12.1. The number of piperidine rings is 2. The van der Waals surface area contributed by atoms with E-state index in [1.165, 1.54) is 16.0 Å². The van der Waals surface area contributed by atoms with E-state index in [0.29, 0.717) is 18.5 Å². The molecule has 0 aliphatic carbocycles. The molecule has 5 N–H and O–H groups in total. The normalized spacial score (nSPS) is 18.8. The number of amides is 4. The lowest BCUT2D eigenvalue weighted by Crippen LogP contribution is -2.52. The Kier molecular flexibility index (Phi) is 12.5. The summed E-state index contributed by atoms with van der Waals surface area (Å²) in [6.45, 7) is 9.35. The number of hydrogen-bond acceptors (Lipinski definition) is 14. The van der Waals surface area contributed by atoms with Gasteiger partial charge < -0.3 is 31.1 Å². The number of carbonyl (C=O) groups excluding carboxylic acids is 4. The molecule has 4 amide bonds. The zero-order valence-corrected chi connectivity index (χ0v) is 36.6. The van der Waals surface area contributed by atoms with Crippen LogP contribution in [0.1, 0.15) is 75.7 Å². The lowest BCUT2D eigenvalue weighted by Gasteiger charge is -2.37. The van der Waals surface area contributed by atoms with E-state index in [1.807, 2.05) is 24.5 Å². The number of imide groups is 1. The van der Waals surface area contributed by atoms with Gasteiger partial charge >= 0.3 is 0 Å². The van der Waals surface area contributed by atoms with Gasteiger partial charge in [0.05, 0.1) is 12.4 Å². The lowest BCUT2D eigenvalue weighted by molar-refractivity contribution is -0.136. The fourth-order valence-electron chi connectivity index (χ4n) is 8.55. The van der Waals surface area contributed by atoms with E-state index < -0.39 is 11.9 Å². The number of nitrogens with two attached hydrogens (primary N) is 1. The number of hydrogen-bond donors (Lipinski definition) is 4. The summed E-state index contributed by atoms with van der Waals surface area (Å²) in [6.07, 6.45) is 6.12. The largest absolute Gasteiger partial charge is 0.381 e. The van der Waals surface area contributed by atoms with Crippen LogP contribution in [0.5, 0.6) is 0 Å². The minimum Gasteiger partial charge on any atom is -0.381 e. The molecule has 9 rings (SSSR count). The molecule has 4 aliphatic rings. The van der Waals surface area contributed by atoms with Crippen molar-refractivity contribution in [3.8, 4) is 0 Å². The Labute approximate surface area is 376 Å². The quantitative estimate of drug-likeness (QED) is 0.122. The maximum Gasteiger partial charge on any atom is 0.272 e. The number of piperazine rings is 1. The Morgan fingerprint density at radius 3 is 2.33 bits per heavy atom. The van der Waals surface area contributed by atoms with E-state index in [9.17, 15) is 19.2 Å². The second-order valence-corrected chi connectivity index (χ2v) is 18.4. The van der Waals surface area contributed by atoms with Gasteiger partial charge in [-0.05, 0) is 84.8 Å². The third-order valence-electron chi connectivity index (χ3n) is 12.4. The van der Waals surface area contributed by atoms with Crippen LogP contribution in [0.15, 0.2) is 101 Å². The Balaban J connectivity index is 0.690. The highest BCUT2D eigenvalue weighted by atomic mass is 32.2. The van der Waals surface area contributed by atoms with E-state index in [4.69, 9.17) is 10.7 Å². The molecule has 0 spiro atoms. The van der Waals surface area contributed by atoms with E-state index in [0.717, 1.165) is 97.0 Å².